The lowest BCUT2D eigenvalue weighted by atomic mass is 10.1. The second-order valence-electron chi connectivity index (χ2n) is 6.22. The number of carbonyl (C=O) groups excluding carboxylic acids is 1. The first-order chi connectivity index (χ1) is 15.0. The van der Waals surface area contributed by atoms with Crippen LogP contribution < -0.4 is 0 Å². The SMILES string of the molecule is CCOC(=O)c1nnc(-c2cccc(C(F)(F)F)c2)nc1Sc1cccc(C(F)(F)F)c1. The van der Waals surface area contributed by atoms with Crippen molar-refractivity contribution >= 4 is 17.7 Å². The molecule has 3 aromatic rings. The van der Waals surface area contributed by atoms with E-state index in [9.17, 15) is 31.1 Å². The molecule has 0 radical (unpaired) electrons. The normalized spacial score (nSPS) is 12.0. The summed E-state index contributed by atoms with van der Waals surface area (Å²) in [5, 5.41) is 7.27. The lowest BCUT2D eigenvalue weighted by molar-refractivity contribution is -0.138. The van der Waals surface area contributed by atoms with Crippen molar-refractivity contribution in [2.24, 2.45) is 0 Å². The molecule has 0 atom stereocenters. The number of carbonyl (C=O) groups is 1. The molecule has 0 unspecified atom stereocenters. The van der Waals surface area contributed by atoms with Crippen molar-refractivity contribution in [1.82, 2.24) is 15.2 Å². The Kier molecular flexibility index (Phi) is 6.72. The van der Waals surface area contributed by atoms with Crippen LogP contribution in [0.15, 0.2) is 58.5 Å². The number of rotatable bonds is 5. The second kappa shape index (κ2) is 9.15. The maximum absolute atomic E-state index is 13.0. The van der Waals surface area contributed by atoms with Gasteiger partial charge in [0, 0.05) is 10.5 Å². The van der Waals surface area contributed by atoms with Gasteiger partial charge >= 0.3 is 18.3 Å². The molecule has 0 aliphatic heterocycles. The fourth-order valence-electron chi connectivity index (χ4n) is 2.51. The van der Waals surface area contributed by atoms with Gasteiger partial charge in [0.05, 0.1) is 17.7 Å². The van der Waals surface area contributed by atoms with Gasteiger partial charge in [0.1, 0.15) is 5.03 Å². The lowest BCUT2D eigenvalue weighted by Gasteiger charge is -2.11. The Balaban J connectivity index is 2.06. The first-order valence-electron chi connectivity index (χ1n) is 8.93. The van der Waals surface area contributed by atoms with Crippen molar-refractivity contribution in [3.8, 4) is 11.4 Å². The summed E-state index contributed by atoms with van der Waals surface area (Å²) < 4.78 is 83.0. The molecule has 1 heterocycles. The summed E-state index contributed by atoms with van der Waals surface area (Å²) in [7, 11) is 0. The van der Waals surface area contributed by atoms with E-state index in [1.165, 1.54) is 25.1 Å². The first kappa shape index (κ1) is 23.5. The van der Waals surface area contributed by atoms with Gasteiger partial charge in [0.15, 0.2) is 5.82 Å². The van der Waals surface area contributed by atoms with E-state index in [2.05, 4.69) is 15.2 Å². The number of aromatic nitrogens is 3. The third-order valence-corrected chi connectivity index (χ3v) is 4.92. The summed E-state index contributed by atoms with van der Waals surface area (Å²) in [4.78, 5) is 16.4. The second-order valence-corrected chi connectivity index (χ2v) is 7.28. The van der Waals surface area contributed by atoms with Crippen LogP contribution in [0.4, 0.5) is 26.3 Å². The molecule has 0 saturated carbocycles. The number of ether oxygens (including phenoxy) is 1. The molecule has 168 valence electrons. The Morgan fingerprint density at radius 2 is 1.56 bits per heavy atom. The van der Waals surface area contributed by atoms with E-state index in [4.69, 9.17) is 4.74 Å². The minimum Gasteiger partial charge on any atom is -0.461 e. The molecule has 32 heavy (non-hydrogen) atoms. The Hall–Kier alpha value is -3.15. The largest absolute Gasteiger partial charge is 0.461 e. The Morgan fingerprint density at radius 1 is 0.938 bits per heavy atom. The van der Waals surface area contributed by atoms with E-state index in [1.54, 1.807) is 0 Å². The fraction of sp³-hybridized carbons (Fsp3) is 0.200. The number of alkyl halides is 6. The van der Waals surface area contributed by atoms with Crippen molar-refractivity contribution in [3.63, 3.8) is 0 Å². The Labute approximate surface area is 181 Å². The molecule has 0 spiro atoms. The van der Waals surface area contributed by atoms with Gasteiger partial charge in [-0.1, -0.05) is 30.0 Å². The van der Waals surface area contributed by atoms with Crippen LogP contribution in [-0.4, -0.2) is 27.8 Å². The van der Waals surface area contributed by atoms with Crippen molar-refractivity contribution in [2.75, 3.05) is 6.61 Å². The van der Waals surface area contributed by atoms with Crippen LogP contribution >= 0.6 is 11.8 Å². The maximum Gasteiger partial charge on any atom is 0.416 e. The van der Waals surface area contributed by atoms with Crippen molar-refractivity contribution in [2.45, 2.75) is 29.2 Å². The maximum atomic E-state index is 13.0. The van der Waals surface area contributed by atoms with Gasteiger partial charge in [0.2, 0.25) is 5.69 Å². The smallest absolute Gasteiger partial charge is 0.416 e. The summed E-state index contributed by atoms with van der Waals surface area (Å²) in [6.07, 6.45) is -9.20. The number of hydrogen-bond donors (Lipinski definition) is 0. The molecule has 0 amide bonds. The molecule has 0 aliphatic rings. The molecular weight excluding hydrogens is 460 g/mol. The Morgan fingerprint density at radius 3 is 2.19 bits per heavy atom. The van der Waals surface area contributed by atoms with Crippen LogP contribution in [0.25, 0.3) is 11.4 Å². The van der Waals surface area contributed by atoms with Crippen LogP contribution in [-0.2, 0) is 17.1 Å². The average Bonchev–Trinajstić information content (AvgIpc) is 2.73. The van der Waals surface area contributed by atoms with Gasteiger partial charge in [0.25, 0.3) is 0 Å². The third-order valence-electron chi connectivity index (χ3n) is 3.95. The van der Waals surface area contributed by atoms with E-state index in [0.717, 1.165) is 30.3 Å². The topological polar surface area (TPSA) is 65.0 Å². The molecule has 0 fully saturated rings. The summed E-state index contributed by atoms with van der Waals surface area (Å²) in [5.41, 5.74) is -2.26. The number of hydrogen-bond acceptors (Lipinski definition) is 6. The van der Waals surface area contributed by atoms with Crippen LogP contribution in [0.3, 0.4) is 0 Å². The molecule has 0 saturated heterocycles. The molecule has 0 N–H and O–H groups in total. The third kappa shape index (κ3) is 5.55. The van der Waals surface area contributed by atoms with Gasteiger partial charge < -0.3 is 4.74 Å². The molecule has 3 rings (SSSR count). The standard InChI is InChI=1S/C20H13F6N3O2S/c1-2-31-18(30)15-17(32-14-8-4-7-13(10-14)20(24,25)26)27-16(29-28-15)11-5-3-6-12(9-11)19(21,22)23/h3-10H,2H2,1H3. The van der Waals surface area contributed by atoms with Gasteiger partial charge in [-0.3, -0.25) is 0 Å². The predicted molar refractivity (Wildman–Crippen MR) is 102 cm³/mol. The molecule has 1 aromatic heterocycles. The Bertz CT molecular complexity index is 1130. The summed E-state index contributed by atoms with van der Waals surface area (Å²) >= 11 is 0.681. The minimum atomic E-state index is -4.61. The molecule has 12 heteroatoms. The number of halogens is 6. The van der Waals surface area contributed by atoms with Crippen molar-refractivity contribution < 1.29 is 35.9 Å². The average molecular weight is 473 g/mol. The van der Waals surface area contributed by atoms with Crippen LogP contribution in [0.5, 0.6) is 0 Å². The molecule has 0 bridgehead atoms. The molecule has 2 aromatic carbocycles. The number of benzene rings is 2. The minimum absolute atomic E-state index is 0.0104. The monoisotopic (exact) mass is 473 g/mol. The van der Waals surface area contributed by atoms with E-state index >= 15 is 0 Å². The highest BCUT2D eigenvalue weighted by Gasteiger charge is 2.32. The zero-order valence-electron chi connectivity index (χ0n) is 16.2. The number of esters is 1. The van der Waals surface area contributed by atoms with E-state index in [1.807, 2.05) is 0 Å². The predicted octanol–water partition coefficient (Wildman–Crippen LogP) is 5.90. The lowest BCUT2D eigenvalue weighted by Crippen LogP contribution is -2.12. The molecule has 0 aliphatic carbocycles. The highest BCUT2D eigenvalue weighted by molar-refractivity contribution is 7.99. The van der Waals surface area contributed by atoms with Gasteiger partial charge in [-0.2, -0.15) is 26.3 Å². The quantitative estimate of drug-likeness (QED) is 0.339. The summed E-state index contributed by atoms with van der Waals surface area (Å²) in [6, 6.07) is 8.41. The van der Waals surface area contributed by atoms with E-state index in [-0.39, 0.29) is 33.6 Å². The first-order valence-corrected chi connectivity index (χ1v) is 9.75. The number of nitrogens with zero attached hydrogens (tertiary/aromatic N) is 3. The van der Waals surface area contributed by atoms with E-state index < -0.39 is 29.4 Å². The molecule has 5 nitrogen and oxygen atoms in total. The van der Waals surface area contributed by atoms with Crippen LogP contribution in [0.1, 0.15) is 28.5 Å². The summed E-state index contributed by atoms with van der Waals surface area (Å²) in [6.45, 7) is 1.53. The molecular formula is C20H13F6N3O2S. The highest BCUT2D eigenvalue weighted by atomic mass is 32.2. The van der Waals surface area contributed by atoms with E-state index in [0.29, 0.717) is 11.8 Å². The zero-order chi connectivity index (χ0) is 23.5. The fourth-order valence-corrected chi connectivity index (χ4v) is 3.42. The highest BCUT2D eigenvalue weighted by Crippen LogP contribution is 2.36. The van der Waals surface area contributed by atoms with Crippen LogP contribution in [0.2, 0.25) is 0 Å². The van der Waals surface area contributed by atoms with Gasteiger partial charge in [-0.05, 0) is 37.3 Å². The van der Waals surface area contributed by atoms with Crippen LogP contribution in [0, 0.1) is 0 Å². The van der Waals surface area contributed by atoms with Crippen molar-refractivity contribution in [3.05, 3.63) is 65.4 Å². The zero-order valence-corrected chi connectivity index (χ0v) is 17.0. The summed E-state index contributed by atoms with van der Waals surface area (Å²) in [5.74, 6) is -1.16. The van der Waals surface area contributed by atoms with Crippen molar-refractivity contribution in [1.29, 1.82) is 0 Å². The van der Waals surface area contributed by atoms with Gasteiger partial charge in [-0.25, -0.2) is 9.78 Å². The van der Waals surface area contributed by atoms with Gasteiger partial charge in [-0.15, -0.1) is 10.2 Å².